The summed E-state index contributed by atoms with van der Waals surface area (Å²) in [5.41, 5.74) is 17.5. The van der Waals surface area contributed by atoms with Gasteiger partial charge in [-0.1, -0.05) is 0 Å². The van der Waals surface area contributed by atoms with Crippen molar-refractivity contribution in [2.45, 2.75) is 114 Å². The van der Waals surface area contributed by atoms with E-state index in [-0.39, 0.29) is 41.9 Å². The largest absolute Gasteiger partial charge is 0.387 e. The van der Waals surface area contributed by atoms with Crippen molar-refractivity contribution in [2.24, 2.45) is 35.0 Å². The monoisotopic (exact) mass is 489 g/mol. The Morgan fingerprint density at radius 2 is 1.54 bits per heavy atom. The molecule has 9 heteroatoms. The summed E-state index contributed by atoms with van der Waals surface area (Å²) in [6.45, 7) is 1.31. The number of carbonyl (C=O) groups is 2. The first-order chi connectivity index (χ1) is 16.8. The zero-order valence-electron chi connectivity index (χ0n) is 21.2. The van der Waals surface area contributed by atoms with Gasteiger partial charge in [0.25, 0.3) is 0 Å². The van der Waals surface area contributed by atoms with Gasteiger partial charge in [0.15, 0.2) is 0 Å². The highest BCUT2D eigenvalue weighted by atomic mass is 16.2. The van der Waals surface area contributed by atoms with Crippen LogP contribution in [0.1, 0.15) is 83.5 Å². The molecule has 1 saturated heterocycles. The van der Waals surface area contributed by atoms with Gasteiger partial charge in [-0.25, -0.2) is 0 Å². The minimum Gasteiger partial charge on any atom is -0.387 e. The van der Waals surface area contributed by atoms with Crippen molar-refractivity contribution < 1.29 is 9.59 Å². The summed E-state index contributed by atoms with van der Waals surface area (Å²) in [4.78, 5) is 28.0. The molecule has 4 atom stereocenters. The molecule has 0 aromatic rings. The van der Waals surface area contributed by atoms with Gasteiger partial charge in [-0.3, -0.25) is 19.9 Å². The van der Waals surface area contributed by atoms with Crippen LogP contribution in [0.3, 0.4) is 0 Å². The first-order valence-corrected chi connectivity index (χ1v) is 14.0. The lowest BCUT2D eigenvalue weighted by atomic mass is 9.77. The lowest BCUT2D eigenvalue weighted by Gasteiger charge is -2.40. The van der Waals surface area contributed by atoms with E-state index in [1.165, 1.54) is 0 Å². The number of carbonyl (C=O) groups excluding carboxylic acids is 2. The summed E-state index contributed by atoms with van der Waals surface area (Å²) < 4.78 is 0. The highest BCUT2D eigenvalue weighted by Gasteiger charge is 2.48. The molecule has 0 bridgehead atoms. The average Bonchev–Trinajstić information content (AvgIpc) is 3.19. The molecule has 9 nitrogen and oxygen atoms in total. The summed E-state index contributed by atoms with van der Waals surface area (Å²) in [7, 11) is 0. The van der Waals surface area contributed by atoms with E-state index in [2.05, 4.69) is 15.5 Å². The topological polar surface area (TPSA) is 163 Å². The first-order valence-electron chi connectivity index (χ1n) is 14.0. The van der Waals surface area contributed by atoms with Crippen LogP contribution in [0.4, 0.5) is 0 Å². The van der Waals surface area contributed by atoms with Gasteiger partial charge in [0.1, 0.15) is 0 Å². The summed E-state index contributed by atoms with van der Waals surface area (Å²) >= 11 is 0. The Morgan fingerprint density at radius 1 is 0.886 bits per heavy atom. The predicted molar refractivity (Wildman–Crippen MR) is 138 cm³/mol. The zero-order chi connectivity index (χ0) is 24.9. The molecule has 0 aromatic carbocycles. The molecule has 1 heterocycles. The Labute approximate surface area is 210 Å². The zero-order valence-corrected chi connectivity index (χ0v) is 21.2. The number of nitrogens with zero attached hydrogens (tertiary/aromatic N) is 1. The Balaban J connectivity index is 1.38. The van der Waals surface area contributed by atoms with Crippen molar-refractivity contribution in [3.8, 4) is 0 Å². The van der Waals surface area contributed by atoms with Crippen LogP contribution >= 0.6 is 0 Å². The molecule has 4 aliphatic rings. The van der Waals surface area contributed by atoms with E-state index >= 15 is 0 Å². The quantitative estimate of drug-likeness (QED) is 0.221. The summed E-state index contributed by atoms with van der Waals surface area (Å²) in [6, 6.07) is 0.991. The fourth-order valence-corrected chi connectivity index (χ4v) is 7.13. The van der Waals surface area contributed by atoms with Crippen molar-refractivity contribution in [3.05, 3.63) is 0 Å². The van der Waals surface area contributed by atoms with Gasteiger partial charge >= 0.3 is 0 Å². The number of nitrogens with two attached hydrogens (primary N) is 3. The van der Waals surface area contributed by atoms with Crippen molar-refractivity contribution in [1.82, 2.24) is 15.5 Å². The number of amides is 2. The van der Waals surface area contributed by atoms with Crippen LogP contribution in [-0.4, -0.2) is 65.8 Å². The second kappa shape index (κ2) is 12.0. The number of hydrogen-bond acceptors (Lipinski definition) is 6. The van der Waals surface area contributed by atoms with Crippen molar-refractivity contribution >= 4 is 17.6 Å². The normalized spacial score (nSPS) is 37.9. The summed E-state index contributed by atoms with van der Waals surface area (Å²) in [6.07, 6.45) is 12.2. The van der Waals surface area contributed by atoms with Crippen molar-refractivity contribution in [1.29, 1.82) is 5.41 Å². The standard InChI is InChI=1S/C26H47N7O2/c27-12-11-24(34)31-20-7-1-16(2-8-20)15-33-22-14-18(25(29)30)4-3-17(22)13-23(33)26(35)32-21-9-5-19(28)6-10-21/h16-23H,1-15,27-28H2,(H3,29,30)(H,31,34)(H,32,35). The van der Waals surface area contributed by atoms with Crippen LogP contribution in [0.5, 0.6) is 0 Å². The average molecular weight is 490 g/mol. The van der Waals surface area contributed by atoms with E-state index in [1.54, 1.807) is 0 Å². The summed E-state index contributed by atoms with van der Waals surface area (Å²) in [5, 5.41) is 14.5. The predicted octanol–water partition coefficient (Wildman–Crippen LogP) is 1.19. The van der Waals surface area contributed by atoms with Crippen molar-refractivity contribution in [2.75, 3.05) is 13.1 Å². The van der Waals surface area contributed by atoms with Crippen LogP contribution in [-0.2, 0) is 9.59 Å². The molecule has 1 aliphatic heterocycles. The second-order valence-electron chi connectivity index (χ2n) is 11.7. The van der Waals surface area contributed by atoms with Crippen LogP contribution in [0.2, 0.25) is 0 Å². The molecule has 35 heavy (non-hydrogen) atoms. The molecule has 4 rings (SSSR count). The Hall–Kier alpha value is -1.71. The Kier molecular flexibility index (Phi) is 9.05. The molecule has 4 unspecified atom stereocenters. The number of fused-ring (bicyclic) bond motifs is 1. The minimum absolute atomic E-state index is 0.0521. The van der Waals surface area contributed by atoms with E-state index in [9.17, 15) is 9.59 Å². The van der Waals surface area contributed by atoms with Gasteiger partial charge in [0, 0.05) is 49.6 Å². The van der Waals surface area contributed by atoms with Crippen LogP contribution < -0.4 is 27.8 Å². The maximum absolute atomic E-state index is 13.5. The smallest absolute Gasteiger partial charge is 0.237 e. The maximum atomic E-state index is 13.5. The first kappa shape index (κ1) is 26.4. The number of likely N-dealkylation sites (tertiary alicyclic amines) is 1. The molecule has 198 valence electrons. The molecule has 4 fully saturated rings. The third kappa shape index (κ3) is 6.74. The molecule has 3 aliphatic carbocycles. The van der Waals surface area contributed by atoms with E-state index in [0.717, 1.165) is 83.6 Å². The molecular formula is C26H47N7O2. The van der Waals surface area contributed by atoms with Gasteiger partial charge in [-0.05, 0) is 88.9 Å². The lowest BCUT2D eigenvalue weighted by molar-refractivity contribution is -0.127. The summed E-state index contributed by atoms with van der Waals surface area (Å²) in [5.74, 6) is 1.70. The third-order valence-electron chi connectivity index (χ3n) is 9.22. The SMILES string of the molecule is N=C(N)C1CCC2CC(C(=O)NC3CCC(N)CC3)N(CC3CCC(NC(=O)CCN)CC3)C2C1. The van der Waals surface area contributed by atoms with Crippen LogP contribution in [0.25, 0.3) is 0 Å². The Morgan fingerprint density at radius 3 is 2.20 bits per heavy atom. The second-order valence-corrected chi connectivity index (χ2v) is 11.7. The molecule has 2 amide bonds. The highest BCUT2D eigenvalue weighted by molar-refractivity contribution is 5.83. The number of nitrogens with one attached hydrogen (secondary N) is 3. The van der Waals surface area contributed by atoms with Crippen molar-refractivity contribution in [3.63, 3.8) is 0 Å². The van der Waals surface area contributed by atoms with Crippen LogP contribution in [0, 0.1) is 23.2 Å². The van der Waals surface area contributed by atoms with Gasteiger partial charge in [0.2, 0.25) is 11.8 Å². The fraction of sp³-hybridized carbons (Fsp3) is 0.885. The van der Waals surface area contributed by atoms with Gasteiger partial charge in [-0.2, -0.15) is 0 Å². The maximum Gasteiger partial charge on any atom is 0.237 e. The lowest BCUT2D eigenvalue weighted by Crippen LogP contribution is -2.52. The van der Waals surface area contributed by atoms with E-state index in [4.69, 9.17) is 22.6 Å². The highest BCUT2D eigenvalue weighted by Crippen LogP contribution is 2.43. The molecule has 0 radical (unpaired) electrons. The molecular weight excluding hydrogens is 442 g/mol. The van der Waals surface area contributed by atoms with E-state index < -0.39 is 0 Å². The molecule has 9 N–H and O–H groups in total. The van der Waals surface area contributed by atoms with Crippen LogP contribution in [0.15, 0.2) is 0 Å². The van der Waals surface area contributed by atoms with Gasteiger partial charge < -0.3 is 27.8 Å². The van der Waals surface area contributed by atoms with E-state index in [0.29, 0.717) is 36.7 Å². The molecule has 3 saturated carbocycles. The van der Waals surface area contributed by atoms with Gasteiger partial charge in [0.05, 0.1) is 11.9 Å². The molecule has 0 aromatic heterocycles. The Bertz CT molecular complexity index is 746. The van der Waals surface area contributed by atoms with E-state index in [1.807, 2.05) is 0 Å². The number of rotatable bonds is 8. The number of hydrogen-bond donors (Lipinski definition) is 6. The third-order valence-corrected chi connectivity index (χ3v) is 9.22. The van der Waals surface area contributed by atoms with Gasteiger partial charge in [-0.15, -0.1) is 0 Å². The molecule has 0 spiro atoms. The number of amidine groups is 1. The fourth-order valence-electron chi connectivity index (χ4n) is 7.13. The minimum atomic E-state index is -0.0895.